The van der Waals surface area contributed by atoms with Crippen LogP contribution in [0.2, 0.25) is 0 Å². The molecule has 100 valence electrons. The molecule has 0 saturated heterocycles. The second kappa shape index (κ2) is 7.70. The van der Waals surface area contributed by atoms with Crippen LogP contribution in [-0.2, 0) is 4.79 Å². The van der Waals surface area contributed by atoms with E-state index in [0.29, 0.717) is 12.6 Å². The summed E-state index contributed by atoms with van der Waals surface area (Å²) in [6, 6.07) is 0.757. The fraction of sp³-hybridized carbons (Fsp3) is 0.929. The minimum absolute atomic E-state index is 0.127. The van der Waals surface area contributed by atoms with Crippen molar-refractivity contribution in [3.05, 3.63) is 0 Å². The molecule has 1 amide bonds. The zero-order valence-corrected chi connectivity index (χ0v) is 11.6. The monoisotopic (exact) mass is 240 g/mol. The van der Waals surface area contributed by atoms with Gasteiger partial charge in [0.15, 0.2) is 0 Å². The second-order valence-corrected chi connectivity index (χ2v) is 5.44. The van der Waals surface area contributed by atoms with Crippen molar-refractivity contribution in [2.24, 2.45) is 5.92 Å². The maximum atomic E-state index is 11.6. The highest BCUT2D eigenvalue weighted by Gasteiger charge is 2.20. The smallest absolute Gasteiger partial charge is 0.234 e. The van der Waals surface area contributed by atoms with Crippen molar-refractivity contribution in [1.82, 2.24) is 10.6 Å². The minimum atomic E-state index is 0.127. The molecular formula is C14H28N2O. The van der Waals surface area contributed by atoms with Gasteiger partial charge in [-0.1, -0.05) is 26.2 Å². The van der Waals surface area contributed by atoms with Gasteiger partial charge in [0.05, 0.1) is 6.54 Å². The van der Waals surface area contributed by atoms with E-state index in [0.717, 1.165) is 12.3 Å². The number of hydrogen-bond donors (Lipinski definition) is 2. The van der Waals surface area contributed by atoms with Gasteiger partial charge in [0, 0.05) is 12.1 Å². The van der Waals surface area contributed by atoms with Gasteiger partial charge in [-0.3, -0.25) is 4.79 Å². The molecule has 17 heavy (non-hydrogen) atoms. The Kier molecular flexibility index (Phi) is 6.56. The van der Waals surface area contributed by atoms with Crippen LogP contribution in [-0.4, -0.2) is 24.5 Å². The van der Waals surface area contributed by atoms with E-state index in [1.54, 1.807) is 0 Å². The molecule has 2 atom stereocenters. The molecule has 1 rings (SSSR count). The highest BCUT2D eigenvalue weighted by Crippen LogP contribution is 2.26. The third-order valence-corrected chi connectivity index (χ3v) is 3.96. The first-order valence-corrected chi connectivity index (χ1v) is 7.16. The lowest BCUT2D eigenvalue weighted by Gasteiger charge is -2.28. The van der Waals surface area contributed by atoms with Gasteiger partial charge in [-0.05, 0) is 39.0 Å². The van der Waals surface area contributed by atoms with E-state index < -0.39 is 0 Å². The Labute approximate surface area is 106 Å². The van der Waals surface area contributed by atoms with Crippen LogP contribution in [0.25, 0.3) is 0 Å². The quantitative estimate of drug-likeness (QED) is 0.749. The summed E-state index contributed by atoms with van der Waals surface area (Å²) in [5.41, 5.74) is 0. The number of amides is 1. The lowest BCUT2D eigenvalue weighted by molar-refractivity contribution is -0.121. The molecule has 3 heteroatoms. The van der Waals surface area contributed by atoms with Crippen LogP contribution in [0.15, 0.2) is 0 Å². The van der Waals surface area contributed by atoms with Gasteiger partial charge in [0.25, 0.3) is 0 Å². The average Bonchev–Trinajstić information content (AvgIpc) is 2.36. The van der Waals surface area contributed by atoms with Gasteiger partial charge >= 0.3 is 0 Å². The summed E-state index contributed by atoms with van der Waals surface area (Å²) in [6.45, 7) is 6.81. The molecule has 1 unspecified atom stereocenters. The molecule has 0 radical (unpaired) electrons. The van der Waals surface area contributed by atoms with Crippen molar-refractivity contribution in [2.75, 3.05) is 6.54 Å². The zero-order chi connectivity index (χ0) is 12.7. The molecule has 1 aliphatic carbocycles. The van der Waals surface area contributed by atoms with E-state index in [1.807, 2.05) is 6.92 Å². The van der Waals surface area contributed by atoms with Crippen molar-refractivity contribution < 1.29 is 4.79 Å². The van der Waals surface area contributed by atoms with E-state index in [-0.39, 0.29) is 11.9 Å². The van der Waals surface area contributed by atoms with Gasteiger partial charge in [-0.25, -0.2) is 0 Å². The zero-order valence-electron chi connectivity index (χ0n) is 11.6. The Bertz CT molecular complexity index is 224. The maximum Gasteiger partial charge on any atom is 0.234 e. The molecule has 0 spiro atoms. The Hall–Kier alpha value is -0.570. The fourth-order valence-electron chi connectivity index (χ4n) is 2.48. The SMILES string of the molecule is CCC(C)NC(=O)CN[C@@H](C)C1CCCCC1. The molecule has 1 aliphatic rings. The normalized spacial score (nSPS) is 20.9. The molecule has 3 nitrogen and oxygen atoms in total. The fourth-order valence-corrected chi connectivity index (χ4v) is 2.48. The van der Waals surface area contributed by atoms with Crippen LogP contribution < -0.4 is 10.6 Å². The molecule has 0 aromatic rings. The van der Waals surface area contributed by atoms with E-state index in [1.165, 1.54) is 32.1 Å². The summed E-state index contributed by atoms with van der Waals surface area (Å²) in [7, 11) is 0. The van der Waals surface area contributed by atoms with Gasteiger partial charge in [0.1, 0.15) is 0 Å². The van der Waals surface area contributed by atoms with Crippen LogP contribution in [0, 0.1) is 5.92 Å². The molecule has 1 saturated carbocycles. The summed E-state index contributed by atoms with van der Waals surface area (Å²) in [5.74, 6) is 0.891. The van der Waals surface area contributed by atoms with E-state index in [4.69, 9.17) is 0 Å². The Morgan fingerprint density at radius 2 is 1.88 bits per heavy atom. The van der Waals surface area contributed by atoms with Crippen LogP contribution in [0.3, 0.4) is 0 Å². The molecule has 0 aromatic heterocycles. The number of rotatable bonds is 6. The first-order valence-electron chi connectivity index (χ1n) is 7.16. The number of hydrogen-bond acceptors (Lipinski definition) is 2. The van der Waals surface area contributed by atoms with Crippen molar-refractivity contribution >= 4 is 5.91 Å². The predicted molar refractivity (Wildman–Crippen MR) is 71.9 cm³/mol. The van der Waals surface area contributed by atoms with Crippen LogP contribution in [0.4, 0.5) is 0 Å². The highest BCUT2D eigenvalue weighted by atomic mass is 16.1. The molecule has 0 heterocycles. The van der Waals surface area contributed by atoms with Gasteiger partial charge < -0.3 is 10.6 Å². The lowest BCUT2D eigenvalue weighted by atomic mass is 9.84. The standard InChI is InChI=1S/C14H28N2O/c1-4-11(2)16-14(17)10-15-12(3)13-8-6-5-7-9-13/h11-13,15H,4-10H2,1-3H3,(H,16,17)/t11?,12-/m0/s1. The van der Waals surface area contributed by atoms with Crippen molar-refractivity contribution in [3.63, 3.8) is 0 Å². The number of carbonyl (C=O) groups is 1. The highest BCUT2D eigenvalue weighted by molar-refractivity contribution is 5.78. The Morgan fingerprint density at radius 3 is 2.47 bits per heavy atom. The molecule has 0 aromatic carbocycles. The summed E-state index contributed by atoms with van der Waals surface area (Å²) in [5, 5.41) is 6.36. The van der Waals surface area contributed by atoms with Crippen molar-refractivity contribution in [3.8, 4) is 0 Å². The lowest BCUT2D eigenvalue weighted by Crippen LogP contribution is -2.43. The van der Waals surface area contributed by atoms with E-state index >= 15 is 0 Å². The van der Waals surface area contributed by atoms with E-state index in [2.05, 4.69) is 24.5 Å². The van der Waals surface area contributed by atoms with Gasteiger partial charge in [-0.15, -0.1) is 0 Å². The summed E-state index contributed by atoms with van der Waals surface area (Å²) in [6.07, 6.45) is 7.73. The topological polar surface area (TPSA) is 41.1 Å². The summed E-state index contributed by atoms with van der Waals surface area (Å²) < 4.78 is 0. The first-order chi connectivity index (χ1) is 8.13. The first kappa shape index (κ1) is 14.5. The summed E-state index contributed by atoms with van der Waals surface area (Å²) >= 11 is 0. The third-order valence-electron chi connectivity index (χ3n) is 3.96. The van der Waals surface area contributed by atoms with Crippen molar-refractivity contribution in [2.45, 2.75) is 71.4 Å². The molecule has 2 N–H and O–H groups in total. The average molecular weight is 240 g/mol. The Balaban J connectivity index is 2.17. The number of carbonyl (C=O) groups excluding carboxylic acids is 1. The van der Waals surface area contributed by atoms with Crippen molar-refractivity contribution in [1.29, 1.82) is 0 Å². The van der Waals surface area contributed by atoms with Crippen LogP contribution in [0.1, 0.15) is 59.3 Å². The number of nitrogens with one attached hydrogen (secondary N) is 2. The molecular weight excluding hydrogens is 212 g/mol. The molecule has 1 fully saturated rings. The summed E-state index contributed by atoms with van der Waals surface area (Å²) in [4.78, 5) is 11.6. The molecule has 0 aliphatic heterocycles. The minimum Gasteiger partial charge on any atom is -0.353 e. The van der Waals surface area contributed by atoms with Gasteiger partial charge in [-0.2, -0.15) is 0 Å². The van der Waals surface area contributed by atoms with E-state index in [9.17, 15) is 4.79 Å². The maximum absolute atomic E-state index is 11.6. The van der Waals surface area contributed by atoms with Gasteiger partial charge in [0.2, 0.25) is 5.91 Å². The predicted octanol–water partition coefficient (Wildman–Crippen LogP) is 2.46. The van der Waals surface area contributed by atoms with Crippen LogP contribution >= 0.6 is 0 Å². The van der Waals surface area contributed by atoms with Crippen LogP contribution in [0.5, 0.6) is 0 Å². The largest absolute Gasteiger partial charge is 0.353 e. The molecule has 0 bridgehead atoms. The Morgan fingerprint density at radius 1 is 1.24 bits per heavy atom. The third kappa shape index (κ3) is 5.53. The second-order valence-electron chi connectivity index (χ2n) is 5.44.